The summed E-state index contributed by atoms with van der Waals surface area (Å²) in [5.41, 5.74) is 7.81. The summed E-state index contributed by atoms with van der Waals surface area (Å²) in [6, 6.07) is 6.03. The number of nitrogen functional groups attached to an aromatic ring is 1. The number of nitrogens with two attached hydrogens (primary N) is 1. The molecule has 0 atom stereocenters. The van der Waals surface area contributed by atoms with Gasteiger partial charge in [0.15, 0.2) is 0 Å². The molecule has 3 nitrogen and oxygen atoms in total. The fourth-order valence-corrected chi connectivity index (χ4v) is 2.50. The van der Waals surface area contributed by atoms with E-state index >= 15 is 0 Å². The summed E-state index contributed by atoms with van der Waals surface area (Å²) in [5.74, 6) is 0.636. The lowest BCUT2D eigenvalue weighted by Gasteiger charge is -2.29. The van der Waals surface area contributed by atoms with Crippen LogP contribution in [0.4, 0.5) is 11.4 Å². The Morgan fingerprint density at radius 1 is 1.22 bits per heavy atom. The van der Waals surface area contributed by atoms with Gasteiger partial charge >= 0.3 is 0 Å². The van der Waals surface area contributed by atoms with Crippen LogP contribution in [0.3, 0.4) is 0 Å². The standard InChI is InChI=1S/C14H24BrN3/c1-11(2)10-18(8-7-17(3)4)14-6-5-12(16)9-13(14)15/h5-6,9,11H,7-8,10,16H2,1-4H3. The maximum absolute atomic E-state index is 5.79. The van der Waals surface area contributed by atoms with E-state index in [0.717, 1.165) is 29.8 Å². The summed E-state index contributed by atoms with van der Waals surface area (Å²) >= 11 is 3.61. The minimum atomic E-state index is 0.636. The summed E-state index contributed by atoms with van der Waals surface area (Å²) in [4.78, 5) is 4.62. The van der Waals surface area contributed by atoms with Crippen LogP contribution in [0.1, 0.15) is 13.8 Å². The number of benzene rings is 1. The third-order valence-corrected chi connectivity index (χ3v) is 3.35. The minimum Gasteiger partial charge on any atom is -0.399 e. The molecule has 0 fully saturated rings. The summed E-state index contributed by atoms with van der Waals surface area (Å²) in [6.07, 6.45) is 0. The van der Waals surface area contributed by atoms with E-state index in [-0.39, 0.29) is 0 Å². The molecule has 0 saturated carbocycles. The molecule has 0 unspecified atom stereocenters. The van der Waals surface area contributed by atoms with Crippen LogP contribution in [-0.2, 0) is 0 Å². The van der Waals surface area contributed by atoms with Crippen LogP contribution in [0.25, 0.3) is 0 Å². The zero-order valence-electron chi connectivity index (χ0n) is 11.8. The van der Waals surface area contributed by atoms with Crippen molar-refractivity contribution in [1.82, 2.24) is 4.90 Å². The Morgan fingerprint density at radius 2 is 1.89 bits per heavy atom. The second-order valence-corrected chi connectivity index (χ2v) is 6.21. The molecule has 0 aliphatic heterocycles. The number of anilines is 2. The van der Waals surface area contributed by atoms with E-state index in [1.54, 1.807) is 0 Å². The van der Waals surface area contributed by atoms with Gasteiger partial charge in [-0.3, -0.25) is 0 Å². The summed E-state index contributed by atoms with van der Waals surface area (Å²) < 4.78 is 1.07. The van der Waals surface area contributed by atoms with Crippen molar-refractivity contribution in [1.29, 1.82) is 0 Å². The Hall–Kier alpha value is -0.740. The van der Waals surface area contributed by atoms with Gasteiger partial charge in [-0.15, -0.1) is 0 Å². The van der Waals surface area contributed by atoms with Gasteiger partial charge in [0.2, 0.25) is 0 Å². The predicted molar refractivity (Wildman–Crippen MR) is 84.2 cm³/mol. The fraction of sp³-hybridized carbons (Fsp3) is 0.571. The molecule has 0 radical (unpaired) electrons. The number of halogens is 1. The van der Waals surface area contributed by atoms with Gasteiger partial charge in [0, 0.05) is 29.8 Å². The number of likely N-dealkylation sites (N-methyl/N-ethyl adjacent to an activating group) is 1. The average Bonchev–Trinajstić information content (AvgIpc) is 2.24. The first-order chi connectivity index (χ1) is 8.40. The molecule has 102 valence electrons. The molecular weight excluding hydrogens is 290 g/mol. The van der Waals surface area contributed by atoms with Crippen LogP contribution < -0.4 is 10.6 Å². The van der Waals surface area contributed by atoms with Crippen LogP contribution in [0.5, 0.6) is 0 Å². The second kappa shape index (κ2) is 7.00. The Morgan fingerprint density at radius 3 is 2.39 bits per heavy atom. The number of hydrogen-bond donors (Lipinski definition) is 1. The van der Waals surface area contributed by atoms with Crippen molar-refractivity contribution in [3.63, 3.8) is 0 Å². The summed E-state index contributed by atoms with van der Waals surface area (Å²) in [7, 11) is 4.21. The molecule has 18 heavy (non-hydrogen) atoms. The van der Waals surface area contributed by atoms with Crippen molar-refractivity contribution in [3.05, 3.63) is 22.7 Å². The van der Waals surface area contributed by atoms with E-state index in [0.29, 0.717) is 5.92 Å². The van der Waals surface area contributed by atoms with E-state index in [1.165, 1.54) is 5.69 Å². The van der Waals surface area contributed by atoms with Crippen LogP contribution in [0.2, 0.25) is 0 Å². The molecule has 4 heteroatoms. The maximum Gasteiger partial charge on any atom is 0.0512 e. The predicted octanol–water partition coefficient (Wildman–Crippen LogP) is 3.06. The molecular formula is C14H24BrN3. The smallest absolute Gasteiger partial charge is 0.0512 e. The lowest BCUT2D eigenvalue weighted by Crippen LogP contribution is -2.34. The topological polar surface area (TPSA) is 32.5 Å². The van der Waals surface area contributed by atoms with Crippen molar-refractivity contribution in [2.45, 2.75) is 13.8 Å². The van der Waals surface area contributed by atoms with E-state index < -0.39 is 0 Å². The third kappa shape index (κ3) is 4.86. The zero-order valence-corrected chi connectivity index (χ0v) is 13.4. The zero-order chi connectivity index (χ0) is 13.7. The molecule has 1 aromatic carbocycles. The monoisotopic (exact) mass is 313 g/mol. The highest BCUT2D eigenvalue weighted by Gasteiger charge is 2.12. The van der Waals surface area contributed by atoms with E-state index in [2.05, 4.69) is 59.7 Å². The highest BCUT2D eigenvalue weighted by Crippen LogP contribution is 2.28. The first-order valence-electron chi connectivity index (χ1n) is 6.35. The van der Waals surface area contributed by atoms with Crippen LogP contribution in [-0.4, -0.2) is 38.6 Å². The normalized spacial score (nSPS) is 11.3. The molecule has 0 aromatic heterocycles. The van der Waals surface area contributed by atoms with Crippen molar-refractivity contribution >= 4 is 27.3 Å². The first kappa shape index (κ1) is 15.3. The Kier molecular flexibility index (Phi) is 5.96. The molecule has 0 saturated heterocycles. The molecule has 0 amide bonds. The van der Waals surface area contributed by atoms with Crippen LogP contribution in [0.15, 0.2) is 22.7 Å². The number of hydrogen-bond acceptors (Lipinski definition) is 3. The van der Waals surface area contributed by atoms with Crippen LogP contribution in [0, 0.1) is 5.92 Å². The average molecular weight is 314 g/mol. The molecule has 0 heterocycles. The Balaban J connectivity index is 2.86. The molecule has 1 aromatic rings. The van der Waals surface area contributed by atoms with E-state index in [1.807, 2.05) is 12.1 Å². The molecule has 1 rings (SSSR count). The molecule has 0 aliphatic carbocycles. The molecule has 0 aliphatic rings. The van der Waals surface area contributed by atoms with Crippen LogP contribution >= 0.6 is 15.9 Å². The third-order valence-electron chi connectivity index (χ3n) is 2.72. The summed E-state index contributed by atoms with van der Waals surface area (Å²) in [5, 5.41) is 0. The Labute approximate surface area is 119 Å². The molecule has 0 bridgehead atoms. The lowest BCUT2D eigenvalue weighted by molar-refractivity contribution is 0.409. The first-order valence-corrected chi connectivity index (χ1v) is 7.14. The van der Waals surface area contributed by atoms with E-state index in [4.69, 9.17) is 5.73 Å². The number of nitrogens with zero attached hydrogens (tertiary/aromatic N) is 2. The van der Waals surface area contributed by atoms with Gasteiger partial charge in [-0.1, -0.05) is 13.8 Å². The summed E-state index contributed by atoms with van der Waals surface area (Å²) in [6.45, 7) is 7.61. The minimum absolute atomic E-state index is 0.636. The van der Waals surface area contributed by atoms with Gasteiger partial charge < -0.3 is 15.5 Å². The van der Waals surface area contributed by atoms with Gasteiger partial charge in [0.1, 0.15) is 0 Å². The second-order valence-electron chi connectivity index (χ2n) is 5.35. The van der Waals surface area contributed by atoms with Gasteiger partial charge in [-0.05, 0) is 54.1 Å². The fourth-order valence-electron chi connectivity index (χ4n) is 1.85. The van der Waals surface area contributed by atoms with Gasteiger partial charge in [0.05, 0.1) is 5.69 Å². The van der Waals surface area contributed by atoms with Gasteiger partial charge in [-0.25, -0.2) is 0 Å². The van der Waals surface area contributed by atoms with Gasteiger partial charge in [-0.2, -0.15) is 0 Å². The number of rotatable bonds is 6. The van der Waals surface area contributed by atoms with E-state index in [9.17, 15) is 0 Å². The van der Waals surface area contributed by atoms with Crippen molar-refractivity contribution < 1.29 is 0 Å². The highest BCUT2D eigenvalue weighted by molar-refractivity contribution is 9.10. The maximum atomic E-state index is 5.79. The SMILES string of the molecule is CC(C)CN(CCN(C)C)c1ccc(N)cc1Br. The van der Waals surface area contributed by atoms with Crippen molar-refractivity contribution in [2.75, 3.05) is 44.4 Å². The lowest BCUT2D eigenvalue weighted by atomic mass is 10.2. The van der Waals surface area contributed by atoms with Crippen molar-refractivity contribution in [3.8, 4) is 0 Å². The quantitative estimate of drug-likeness (QED) is 0.819. The highest BCUT2D eigenvalue weighted by atomic mass is 79.9. The van der Waals surface area contributed by atoms with Crippen molar-refractivity contribution in [2.24, 2.45) is 5.92 Å². The largest absolute Gasteiger partial charge is 0.399 e. The Bertz CT molecular complexity index is 377. The molecule has 0 spiro atoms. The van der Waals surface area contributed by atoms with Gasteiger partial charge in [0.25, 0.3) is 0 Å². The molecule has 2 N–H and O–H groups in total.